The fraction of sp³-hybridized carbons (Fsp3) is 0.529. The summed E-state index contributed by atoms with van der Waals surface area (Å²) in [4.78, 5) is 13.8. The van der Waals surface area contributed by atoms with Crippen molar-refractivity contribution >= 4 is 17.1 Å². The van der Waals surface area contributed by atoms with Crippen molar-refractivity contribution in [2.75, 3.05) is 13.1 Å². The van der Waals surface area contributed by atoms with E-state index in [9.17, 15) is 14.3 Å². The first-order valence-corrected chi connectivity index (χ1v) is 8.01. The van der Waals surface area contributed by atoms with Gasteiger partial charge in [-0.1, -0.05) is 5.16 Å². The second kappa shape index (κ2) is 5.96. The quantitative estimate of drug-likeness (QED) is 0.857. The summed E-state index contributed by atoms with van der Waals surface area (Å²) in [6.07, 6.45) is 1.10. The number of aromatic hydroxyl groups is 1. The number of aromatic nitrogens is 1. The van der Waals surface area contributed by atoms with Crippen molar-refractivity contribution < 1.29 is 23.6 Å². The molecule has 0 saturated carbocycles. The normalized spacial score (nSPS) is 16.6. The Kier molecular flexibility index (Phi) is 4.11. The third kappa shape index (κ3) is 3.16. The van der Waals surface area contributed by atoms with Gasteiger partial charge in [0.1, 0.15) is 5.60 Å². The zero-order valence-corrected chi connectivity index (χ0v) is 14.0. The van der Waals surface area contributed by atoms with Crippen LogP contribution in [0.5, 0.6) is 5.75 Å². The lowest BCUT2D eigenvalue weighted by molar-refractivity contribution is 0.0204. The number of ether oxygens (including phenoxy) is 1. The maximum Gasteiger partial charge on any atom is 0.410 e. The summed E-state index contributed by atoms with van der Waals surface area (Å²) in [6, 6.07) is 2.77. The van der Waals surface area contributed by atoms with E-state index in [1.807, 2.05) is 20.8 Å². The van der Waals surface area contributed by atoms with E-state index in [4.69, 9.17) is 9.26 Å². The van der Waals surface area contributed by atoms with Gasteiger partial charge in [0.15, 0.2) is 11.6 Å². The van der Waals surface area contributed by atoms with E-state index in [0.29, 0.717) is 37.0 Å². The number of nitrogens with zero attached hydrogens (tertiary/aromatic N) is 2. The maximum atomic E-state index is 13.4. The zero-order valence-electron chi connectivity index (χ0n) is 14.0. The molecule has 0 bridgehead atoms. The van der Waals surface area contributed by atoms with Crippen LogP contribution in [0.4, 0.5) is 9.18 Å². The van der Waals surface area contributed by atoms with Gasteiger partial charge in [0.05, 0.1) is 5.69 Å². The zero-order chi connectivity index (χ0) is 17.5. The molecule has 1 aliphatic rings. The van der Waals surface area contributed by atoms with Gasteiger partial charge in [-0.05, 0) is 45.7 Å². The van der Waals surface area contributed by atoms with Crippen molar-refractivity contribution in [1.82, 2.24) is 10.1 Å². The lowest BCUT2D eigenvalue weighted by atomic mass is 9.92. The molecule has 1 aromatic carbocycles. The fourth-order valence-corrected chi connectivity index (χ4v) is 2.94. The lowest BCUT2D eigenvalue weighted by Crippen LogP contribution is -2.41. The fourth-order valence-electron chi connectivity index (χ4n) is 2.94. The van der Waals surface area contributed by atoms with Crippen LogP contribution in [-0.4, -0.2) is 39.9 Å². The number of phenols is 1. The van der Waals surface area contributed by atoms with Crippen molar-refractivity contribution in [3.8, 4) is 5.75 Å². The van der Waals surface area contributed by atoms with Gasteiger partial charge in [-0.25, -0.2) is 9.18 Å². The third-order valence-electron chi connectivity index (χ3n) is 4.13. The molecule has 0 unspecified atom stereocenters. The monoisotopic (exact) mass is 336 g/mol. The predicted octanol–water partition coefficient (Wildman–Crippen LogP) is 3.79. The molecule has 1 amide bonds. The van der Waals surface area contributed by atoms with Crippen LogP contribution in [0, 0.1) is 5.82 Å². The van der Waals surface area contributed by atoms with Crippen molar-refractivity contribution in [2.24, 2.45) is 0 Å². The Hall–Kier alpha value is -2.31. The van der Waals surface area contributed by atoms with Gasteiger partial charge >= 0.3 is 6.09 Å². The molecule has 24 heavy (non-hydrogen) atoms. The number of rotatable bonds is 1. The average molecular weight is 336 g/mol. The SMILES string of the molecule is CC(C)(C)OC(=O)N1CCC(c2noc3c(O)c(F)ccc23)CC1. The molecule has 3 rings (SSSR count). The number of piperidine rings is 1. The van der Waals surface area contributed by atoms with Crippen molar-refractivity contribution in [3.05, 3.63) is 23.6 Å². The number of hydrogen-bond acceptors (Lipinski definition) is 5. The summed E-state index contributed by atoms with van der Waals surface area (Å²) in [5.41, 5.74) is 0.251. The highest BCUT2D eigenvalue weighted by atomic mass is 19.1. The molecule has 6 nitrogen and oxygen atoms in total. The molecule has 7 heteroatoms. The van der Waals surface area contributed by atoms with Crippen LogP contribution in [0.15, 0.2) is 16.7 Å². The Labute approximate surface area is 139 Å². The number of likely N-dealkylation sites (tertiary alicyclic amines) is 1. The lowest BCUT2D eigenvalue weighted by Gasteiger charge is -2.32. The van der Waals surface area contributed by atoms with E-state index in [-0.39, 0.29) is 17.6 Å². The van der Waals surface area contributed by atoms with Crippen LogP contribution < -0.4 is 0 Å². The maximum absolute atomic E-state index is 13.4. The number of hydrogen-bond donors (Lipinski definition) is 1. The highest BCUT2D eigenvalue weighted by molar-refractivity contribution is 5.85. The first-order chi connectivity index (χ1) is 11.3. The summed E-state index contributed by atoms with van der Waals surface area (Å²) in [5, 5.41) is 14.3. The van der Waals surface area contributed by atoms with E-state index < -0.39 is 17.2 Å². The Morgan fingerprint density at radius 1 is 1.38 bits per heavy atom. The summed E-state index contributed by atoms with van der Waals surface area (Å²) >= 11 is 0. The van der Waals surface area contributed by atoms with E-state index in [2.05, 4.69) is 5.16 Å². The Bertz CT molecular complexity index is 758. The van der Waals surface area contributed by atoms with E-state index in [1.165, 1.54) is 6.07 Å². The van der Waals surface area contributed by atoms with Gasteiger partial charge < -0.3 is 19.3 Å². The Morgan fingerprint density at radius 2 is 2.04 bits per heavy atom. The predicted molar refractivity (Wildman–Crippen MR) is 85.4 cm³/mol. The number of benzene rings is 1. The summed E-state index contributed by atoms with van der Waals surface area (Å²) in [6.45, 7) is 6.63. The molecule has 1 saturated heterocycles. The minimum absolute atomic E-state index is 0.0690. The number of phenolic OH excluding ortho intramolecular Hbond substituents is 1. The van der Waals surface area contributed by atoms with Gasteiger partial charge in [0.2, 0.25) is 5.58 Å². The first kappa shape index (κ1) is 16.5. The van der Waals surface area contributed by atoms with Gasteiger partial charge in [0.25, 0.3) is 0 Å². The highest BCUT2D eigenvalue weighted by Crippen LogP contribution is 2.36. The third-order valence-corrected chi connectivity index (χ3v) is 4.13. The molecule has 1 fully saturated rings. The summed E-state index contributed by atoms with van der Waals surface area (Å²) in [7, 11) is 0. The summed E-state index contributed by atoms with van der Waals surface area (Å²) in [5.74, 6) is -1.16. The average Bonchev–Trinajstić information content (AvgIpc) is 2.94. The van der Waals surface area contributed by atoms with E-state index in [0.717, 1.165) is 0 Å². The van der Waals surface area contributed by atoms with Crippen LogP contribution in [0.2, 0.25) is 0 Å². The molecule has 130 valence electrons. The largest absolute Gasteiger partial charge is 0.502 e. The molecule has 0 atom stereocenters. The van der Waals surface area contributed by atoms with Crippen LogP contribution in [0.25, 0.3) is 11.0 Å². The van der Waals surface area contributed by atoms with Gasteiger partial charge in [-0.15, -0.1) is 0 Å². The van der Waals surface area contributed by atoms with Crippen molar-refractivity contribution in [3.63, 3.8) is 0 Å². The van der Waals surface area contributed by atoms with Gasteiger partial charge in [-0.3, -0.25) is 0 Å². The molecular weight excluding hydrogens is 315 g/mol. The van der Waals surface area contributed by atoms with Crippen LogP contribution in [0.3, 0.4) is 0 Å². The van der Waals surface area contributed by atoms with Crippen LogP contribution >= 0.6 is 0 Å². The van der Waals surface area contributed by atoms with E-state index in [1.54, 1.807) is 11.0 Å². The number of halogens is 1. The minimum atomic E-state index is -0.732. The number of carbonyl (C=O) groups excluding carboxylic acids is 1. The van der Waals surface area contributed by atoms with Crippen molar-refractivity contribution in [1.29, 1.82) is 0 Å². The number of fused-ring (bicyclic) bond motifs is 1. The van der Waals surface area contributed by atoms with E-state index >= 15 is 0 Å². The van der Waals surface area contributed by atoms with Gasteiger partial charge in [-0.2, -0.15) is 0 Å². The Balaban J connectivity index is 1.71. The molecular formula is C17H21FN2O4. The second-order valence-electron chi connectivity index (χ2n) is 7.08. The molecule has 0 aliphatic carbocycles. The number of carbonyl (C=O) groups is 1. The molecule has 1 N–H and O–H groups in total. The first-order valence-electron chi connectivity index (χ1n) is 8.01. The molecule has 0 spiro atoms. The minimum Gasteiger partial charge on any atom is -0.502 e. The molecule has 2 aromatic rings. The van der Waals surface area contributed by atoms with Crippen LogP contribution in [-0.2, 0) is 4.74 Å². The van der Waals surface area contributed by atoms with Gasteiger partial charge in [0, 0.05) is 24.4 Å². The topological polar surface area (TPSA) is 75.8 Å². The molecule has 0 radical (unpaired) electrons. The Morgan fingerprint density at radius 3 is 2.67 bits per heavy atom. The van der Waals surface area contributed by atoms with Crippen LogP contribution in [0.1, 0.15) is 45.2 Å². The number of amides is 1. The standard InChI is InChI=1S/C17H21FN2O4/c1-17(2,3)23-16(22)20-8-6-10(7-9-20)13-11-4-5-12(18)14(21)15(11)24-19-13/h4-5,10,21H,6-9H2,1-3H3. The smallest absolute Gasteiger partial charge is 0.410 e. The molecule has 2 heterocycles. The molecule has 1 aromatic heterocycles. The highest BCUT2D eigenvalue weighted by Gasteiger charge is 2.30. The second-order valence-corrected chi connectivity index (χ2v) is 7.08. The summed E-state index contributed by atoms with van der Waals surface area (Å²) < 4.78 is 23.9. The van der Waals surface area contributed by atoms with Crippen molar-refractivity contribution in [2.45, 2.75) is 45.1 Å². The molecule has 1 aliphatic heterocycles.